The lowest BCUT2D eigenvalue weighted by atomic mass is 10.0. The molecule has 2 heterocycles. The third-order valence-corrected chi connectivity index (χ3v) is 6.73. The van der Waals surface area contributed by atoms with E-state index < -0.39 is 42.0 Å². The van der Waals surface area contributed by atoms with Gasteiger partial charge in [-0.15, -0.1) is 0 Å². The fourth-order valence-corrected chi connectivity index (χ4v) is 4.58. The summed E-state index contributed by atoms with van der Waals surface area (Å²) >= 11 is 0. The number of carbonyl (C=O) groups excluding carboxylic acids is 3. The van der Waals surface area contributed by atoms with E-state index in [0.29, 0.717) is 50.0 Å². The zero-order valence-electron chi connectivity index (χ0n) is 21.7. The summed E-state index contributed by atoms with van der Waals surface area (Å²) in [5.74, 6) is -2.75. The number of hydrogen-bond donors (Lipinski definition) is 7. The van der Waals surface area contributed by atoms with Gasteiger partial charge in [-0.25, -0.2) is 9.78 Å². The summed E-state index contributed by atoms with van der Waals surface area (Å²) in [6.07, 6.45) is 5.80. The third kappa shape index (κ3) is 8.52. The highest BCUT2D eigenvalue weighted by atomic mass is 16.4. The second kappa shape index (κ2) is 14.3. The fraction of sp³-hybridized carbons (Fsp3) is 0.500. The maximum absolute atomic E-state index is 13.4. The number of carboxylic acids is 1. The van der Waals surface area contributed by atoms with Crippen LogP contribution in [-0.4, -0.2) is 86.0 Å². The highest BCUT2D eigenvalue weighted by Crippen LogP contribution is 2.20. The first-order chi connectivity index (χ1) is 18.7. The Morgan fingerprint density at radius 1 is 1.10 bits per heavy atom. The Morgan fingerprint density at radius 3 is 2.49 bits per heavy atom. The number of benzene rings is 1. The molecule has 2 aromatic rings. The normalized spacial score (nSPS) is 17.3. The van der Waals surface area contributed by atoms with Gasteiger partial charge < -0.3 is 42.2 Å². The van der Waals surface area contributed by atoms with Crippen LogP contribution in [0.3, 0.4) is 0 Å². The van der Waals surface area contributed by atoms with E-state index in [2.05, 4.69) is 20.6 Å². The van der Waals surface area contributed by atoms with E-state index in [9.17, 15) is 29.4 Å². The minimum atomic E-state index is -1.27. The molecule has 4 unspecified atom stereocenters. The Labute approximate surface area is 226 Å². The molecule has 3 rings (SSSR count). The molecule has 4 atom stereocenters. The lowest BCUT2D eigenvalue weighted by Crippen LogP contribution is -2.57. The van der Waals surface area contributed by atoms with E-state index in [1.807, 2.05) is 0 Å². The number of aromatic nitrogens is 2. The number of nitrogens with two attached hydrogens (primary N) is 2. The lowest BCUT2D eigenvalue weighted by Gasteiger charge is -2.28. The largest absolute Gasteiger partial charge is 0.508 e. The number of likely N-dealkylation sites (tertiary alicyclic amines) is 1. The highest BCUT2D eigenvalue weighted by Gasteiger charge is 2.38. The number of aliphatic carboxylic acids is 1. The maximum atomic E-state index is 13.4. The molecule has 13 nitrogen and oxygen atoms in total. The van der Waals surface area contributed by atoms with E-state index in [0.717, 1.165) is 6.42 Å². The molecule has 3 amide bonds. The molecule has 0 radical (unpaired) electrons. The fourth-order valence-electron chi connectivity index (χ4n) is 4.58. The van der Waals surface area contributed by atoms with Gasteiger partial charge in [0.05, 0.1) is 12.4 Å². The maximum Gasteiger partial charge on any atom is 0.326 e. The van der Waals surface area contributed by atoms with Crippen molar-refractivity contribution in [1.82, 2.24) is 25.5 Å². The predicted octanol–water partition coefficient (Wildman–Crippen LogP) is -0.598. The zero-order chi connectivity index (χ0) is 28.4. The van der Waals surface area contributed by atoms with E-state index in [4.69, 9.17) is 11.5 Å². The topological polar surface area (TPSA) is 217 Å². The van der Waals surface area contributed by atoms with Crippen LogP contribution in [0.2, 0.25) is 0 Å². The molecule has 1 aliphatic rings. The number of phenolic OH excluding ortho intramolecular Hbond substituents is 1. The van der Waals surface area contributed by atoms with Crippen molar-refractivity contribution in [1.29, 1.82) is 0 Å². The van der Waals surface area contributed by atoms with Crippen molar-refractivity contribution in [3.8, 4) is 5.75 Å². The number of carbonyl (C=O) groups is 4. The van der Waals surface area contributed by atoms with Gasteiger partial charge in [0.2, 0.25) is 17.7 Å². The number of aromatic hydroxyl groups is 1. The standard InChI is InChI=1S/C26H37N7O6/c27-10-2-1-4-19(28)25(37)33-11-3-5-22(33)24(36)31-20(12-16-6-8-18(34)9-7-16)23(35)32-21(26(38)39)13-17-14-29-15-30-17/h6-9,14-15,19-22,34H,1-5,10-13,27-28H2,(H,29,30)(H,31,36)(H,32,35)(H,38,39). The molecule has 212 valence electrons. The highest BCUT2D eigenvalue weighted by molar-refractivity contribution is 5.94. The first-order valence-corrected chi connectivity index (χ1v) is 13.0. The van der Waals surface area contributed by atoms with Gasteiger partial charge in [0.1, 0.15) is 23.9 Å². The Morgan fingerprint density at radius 2 is 1.85 bits per heavy atom. The minimum Gasteiger partial charge on any atom is -0.508 e. The molecular weight excluding hydrogens is 506 g/mol. The van der Waals surface area contributed by atoms with E-state index in [1.165, 1.54) is 29.6 Å². The van der Waals surface area contributed by atoms with Gasteiger partial charge in [0, 0.05) is 31.3 Å². The van der Waals surface area contributed by atoms with Crippen molar-refractivity contribution in [3.05, 3.63) is 48.0 Å². The molecule has 9 N–H and O–H groups in total. The number of rotatable bonds is 14. The van der Waals surface area contributed by atoms with E-state index >= 15 is 0 Å². The van der Waals surface area contributed by atoms with Crippen LogP contribution < -0.4 is 22.1 Å². The molecule has 39 heavy (non-hydrogen) atoms. The Balaban J connectivity index is 1.74. The Hall–Kier alpha value is -3.97. The number of imidazole rings is 1. The summed E-state index contributed by atoms with van der Waals surface area (Å²) in [5, 5.41) is 24.5. The van der Waals surface area contributed by atoms with Crippen LogP contribution in [0.15, 0.2) is 36.8 Å². The number of aromatic amines is 1. The molecule has 13 heteroatoms. The van der Waals surface area contributed by atoms with Crippen molar-refractivity contribution in [2.75, 3.05) is 13.1 Å². The number of carboxylic acid groups (broad SMARTS) is 1. The van der Waals surface area contributed by atoms with Crippen molar-refractivity contribution >= 4 is 23.7 Å². The van der Waals surface area contributed by atoms with Crippen LogP contribution in [0.4, 0.5) is 0 Å². The second-order valence-corrected chi connectivity index (χ2v) is 9.69. The molecule has 1 aliphatic heterocycles. The molecule has 1 fully saturated rings. The number of nitrogens with one attached hydrogen (secondary N) is 3. The van der Waals surface area contributed by atoms with Crippen molar-refractivity contribution < 1.29 is 29.4 Å². The summed E-state index contributed by atoms with van der Waals surface area (Å²) in [6.45, 7) is 0.881. The molecule has 1 aromatic carbocycles. The number of H-pyrrole nitrogens is 1. The van der Waals surface area contributed by atoms with Gasteiger partial charge in [-0.3, -0.25) is 14.4 Å². The number of nitrogens with zero attached hydrogens (tertiary/aromatic N) is 2. The summed E-state index contributed by atoms with van der Waals surface area (Å²) < 4.78 is 0. The smallest absolute Gasteiger partial charge is 0.326 e. The van der Waals surface area contributed by atoms with E-state index in [1.54, 1.807) is 12.1 Å². The average molecular weight is 544 g/mol. The second-order valence-electron chi connectivity index (χ2n) is 9.69. The zero-order valence-corrected chi connectivity index (χ0v) is 21.7. The molecule has 0 bridgehead atoms. The molecule has 0 spiro atoms. The van der Waals surface area contributed by atoms with Crippen LogP contribution in [0, 0.1) is 0 Å². The monoisotopic (exact) mass is 543 g/mol. The third-order valence-electron chi connectivity index (χ3n) is 6.73. The first kappa shape index (κ1) is 29.6. The number of unbranched alkanes of at least 4 members (excludes halogenated alkanes) is 1. The molecule has 0 aliphatic carbocycles. The predicted molar refractivity (Wildman–Crippen MR) is 141 cm³/mol. The van der Waals surface area contributed by atoms with Crippen molar-refractivity contribution in [2.45, 2.75) is 69.1 Å². The van der Waals surface area contributed by atoms with Crippen LogP contribution in [0.1, 0.15) is 43.4 Å². The Kier molecular flexibility index (Phi) is 10.8. The first-order valence-electron chi connectivity index (χ1n) is 13.0. The minimum absolute atomic E-state index is 0.0338. The number of amides is 3. The molecule has 0 saturated carbocycles. The Bertz CT molecular complexity index is 1110. The van der Waals surface area contributed by atoms with Crippen LogP contribution in [0.25, 0.3) is 0 Å². The quantitative estimate of drug-likeness (QED) is 0.151. The van der Waals surface area contributed by atoms with Gasteiger partial charge in [-0.1, -0.05) is 18.6 Å². The van der Waals surface area contributed by atoms with Gasteiger partial charge in [0.25, 0.3) is 0 Å². The summed E-state index contributed by atoms with van der Waals surface area (Å²) in [6, 6.07) is 2.16. The number of hydrogen-bond acceptors (Lipinski definition) is 8. The van der Waals surface area contributed by atoms with Gasteiger partial charge in [-0.2, -0.15) is 0 Å². The summed E-state index contributed by atoms with van der Waals surface area (Å²) in [7, 11) is 0. The van der Waals surface area contributed by atoms with Gasteiger partial charge >= 0.3 is 5.97 Å². The lowest BCUT2D eigenvalue weighted by molar-refractivity contribution is -0.143. The molecular formula is C26H37N7O6. The SMILES string of the molecule is NCCCCC(N)C(=O)N1CCCC1C(=O)NC(Cc1ccc(O)cc1)C(=O)NC(Cc1cnc[nH]1)C(=O)O. The molecule has 1 aromatic heterocycles. The van der Waals surface area contributed by atoms with Gasteiger partial charge in [0.15, 0.2) is 0 Å². The average Bonchev–Trinajstić information content (AvgIpc) is 3.61. The number of phenols is 1. The van der Waals surface area contributed by atoms with Gasteiger partial charge in [-0.05, 0) is 49.9 Å². The summed E-state index contributed by atoms with van der Waals surface area (Å²) in [5.41, 5.74) is 12.8. The van der Waals surface area contributed by atoms with E-state index in [-0.39, 0.29) is 24.5 Å². The van der Waals surface area contributed by atoms with Crippen LogP contribution in [-0.2, 0) is 32.0 Å². The summed E-state index contributed by atoms with van der Waals surface area (Å²) in [4.78, 5) is 59.6. The van der Waals surface area contributed by atoms with Crippen molar-refractivity contribution in [3.63, 3.8) is 0 Å². The van der Waals surface area contributed by atoms with Crippen LogP contribution in [0.5, 0.6) is 5.75 Å². The molecule has 1 saturated heterocycles. The van der Waals surface area contributed by atoms with Crippen molar-refractivity contribution in [2.24, 2.45) is 11.5 Å². The van der Waals surface area contributed by atoms with Crippen LogP contribution >= 0.6 is 0 Å².